The molecular weight excluding hydrogens is 200 g/mol. The number of nitrogens with zero attached hydrogens (tertiary/aromatic N) is 1. The zero-order chi connectivity index (χ0) is 12.0. The second kappa shape index (κ2) is 6.26. The Labute approximate surface area is 97.3 Å². The van der Waals surface area contributed by atoms with E-state index in [4.69, 9.17) is 0 Å². The summed E-state index contributed by atoms with van der Waals surface area (Å²) in [4.78, 5) is 15.7. The molecule has 0 unspecified atom stereocenters. The second-order valence-electron chi connectivity index (χ2n) is 3.61. The van der Waals surface area contributed by atoms with E-state index in [2.05, 4.69) is 10.3 Å². The summed E-state index contributed by atoms with van der Waals surface area (Å²) in [7, 11) is 0. The smallest absolute Gasteiger partial charge is 0.252 e. The van der Waals surface area contributed by atoms with E-state index >= 15 is 0 Å². The van der Waals surface area contributed by atoms with Crippen molar-refractivity contribution < 1.29 is 4.79 Å². The maximum atomic E-state index is 11.4. The lowest BCUT2D eigenvalue weighted by molar-refractivity contribution is 0.0955. The van der Waals surface area contributed by atoms with Gasteiger partial charge in [0.2, 0.25) is 0 Å². The van der Waals surface area contributed by atoms with Crippen LogP contribution in [0.4, 0.5) is 0 Å². The minimum atomic E-state index is -0.0395. The van der Waals surface area contributed by atoms with E-state index in [1.54, 1.807) is 6.20 Å². The number of hydrogen-bond donors (Lipinski definition) is 1. The quantitative estimate of drug-likeness (QED) is 0.851. The zero-order valence-electron chi connectivity index (χ0n) is 10.3. The molecule has 3 nitrogen and oxygen atoms in total. The van der Waals surface area contributed by atoms with Crippen LogP contribution < -0.4 is 5.32 Å². The highest BCUT2D eigenvalue weighted by atomic mass is 16.1. The molecule has 0 aromatic carbocycles. The van der Waals surface area contributed by atoms with Crippen molar-refractivity contribution in [2.75, 3.05) is 6.54 Å². The molecule has 1 N–H and O–H groups in total. The number of carbonyl (C=O) groups is 1. The number of carbonyl (C=O) groups excluding carboxylic acids is 1. The van der Waals surface area contributed by atoms with Crippen LogP contribution in [0.5, 0.6) is 0 Å². The first-order valence-electron chi connectivity index (χ1n) is 6.05. The van der Waals surface area contributed by atoms with Crippen molar-refractivity contribution in [2.45, 2.75) is 39.5 Å². The van der Waals surface area contributed by atoms with Gasteiger partial charge in [0.1, 0.15) is 0 Å². The predicted molar refractivity (Wildman–Crippen MR) is 65.6 cm³/mol. The first kappa shape index (κ1) is 12.7. The van der Waals surface area contributed by atoms with E-state index in [0.29, 0.717) is 18.0 Å². The van der Waals surface area contributed by atoms with Gasteiger partial charge in [0, 0.05) is 24.4 Å². The van der Waals surface area contributed by atoms with Gasteiger partial charge >= 0.3 is 0 Å². The van der Waals surface area contributed by atoms with Gasteiger partial charge in [0.05, 0.1) is 5.56 Å². The van der Waals surface area contributed by atoms with Crippen LogP contribution in [0.15, 0.2) is 18.3 Å². The van der Waals surface area contributed by atoms with Crippen molar-refractivity contribution in [3.63, 3.8) is 0 Å². The van der Waals surface area contributed by atoms with E-state index in [0.717, 1.165) is 5.69 Å². The van der Waals surface area contributed by atoms with Crippen LogP contribution >= 0.6 is 0 Å². The number of rotatable bonds is 3. The van der Waals surface area contributed by atoms with Crippen LogP contribution in [-0.2, 0) is 0 Å². The molecule has 0 bridgehead atoms. The highest BCUT2D eigenvalue weighted by Gasteiger charge is 2.24. The van der Waals surface area contributed by atoms with Gasteiger partial charge in [-0.25, -0.2) is 0 Å². The first-order valence-corrected chi connectivity index (χ1v) is 6.05. The molecular formula is C13H20N2O. The Bertz CT molecular complexity index is 328. The Morgan fingerprint density at radius 1 is 1.44 bits per heavy atom. The third kappa shape index (κ3) is 3.33. The third-order valence-electron chi connectivity index (χ3n) is 2.38. The van der Waals surface area contributed by atoms with Gasteiger partial charge in [-0.1, -0.05) is 13.8 Å². The summed E-state index contributed by atoms with van der Waals surface area (Å²) in [5, 5.41) is 2.75. The molecule has 0 saturated heterocycles. The summed E-state index contributed by atoms with van der Waals surface area (Å²) in [5.41, 5.74) is 1.77. The Balaban J connectivity index is 0.000000606. The molecule has 0 radical (unpaired) electrons. The van der Waals surface area contributed by atoms with Crippen molar-refractivity contribution in [1.82, 2.24) is 10.3 Å². The minimum absolute atomic E-state index is 0.0395. The molecule has 3 heteroatoms. The SMILES string of the molecule is CC.CCNC(=O)c1ccc(C2CC2)nc1. The fourth-order valence-corrected chi connectivity index (χ4v) is 1.42. The van der Waals surface area contributed by atoms with Crippen molar-refractivity contribution in [1.29, 1.82) is 0 Å². The van der Waals surface area contributed by atoms with Crippen LogP contribution in [0.25, 0.3) is 0 Å². The third-order valence-corrected chi connectivity index (χ3v) is 2.38. The van der Waals surface area contributed by atoms with E-state index in [-0.39, 0.29) is 5.91 Å². The lowest BCUT2D eigenvalue weighted by Gasteiger charge is -2.02. The number of amides is 1. The van der Waals surface area contributed by atoms with Gasteiger partial charge < -0.3 is 5.32 Å². The Morgan fingerprint density at radius 3 is 2.56 bits per heavy atom. The van der Waals surface area contributed by atoms with Crippen LogP contribution in [0.1, 0.15) is 55.6 Å². The Morgan fingerprint density at radius 2 is 2.12 bits per heavy atom. The molecule has 1 aliphatic rings. The topological polar surface area (TPSA) is 42.0 Å². The molecule has 1 fully saturated rings. The molecule has 1 aromatic rings. The molecule has 0 atom stereocenters. The zero-order valence-corrected chi connectivity index (χ0v) is 10.3. The summed E-state index contributed by atoms with van der Waals surface area (Å²) in [5.74, 6) is 0.612. The average Bonchev–Trinajstić information content (AvgIpc) is 3.16. The predicted octanol–water partition coefficient (Wildman–Crippen LogP) is 2.73. The van der Waals surface area contributed by atoms with Gasteiger partial charge in [-0.15, -0.1) is 0 Å². The molecule has 1 aliphatic carbocycles. The molecule has 1 aromatic heterocycles. The van der Waals surface area contributed by atoms with Crippen molar-refractivity contribution >= 4 is 5.91 Å². The molecule has 0 aliphatic heterocycles. The number of aromatic nitrogens is 1. The molecule has 1 saturated carbocycles. The van der Waals surface area contributed by atoms with Crippen molar-refractivity contribution in [3.8, 4) is 0 Å². The van der Waals surface area contributed by atoms with Crippen LogP contribution in [-0.4, -0.2) is 17.4 Å². The lowest BCUT2D eigenvalue weighted by atomic mass is 10.2. The number of pyridine rings is 1. The summed E-state index contributed by atoms with van der Waals surface area (Å²) >= 11 is 0. The maximum Gasteiger partial charge on any atom is 0.252 e. The summed E-state index contributed by atoms with van der Waals surface area (Å²) < 4.78 is 0. The largest absolute Gasteiger partial charge is 0.352 e. The molecule has 1 amide bonds. The number of nitrogens with one attached hydrogen (secondary N) is 1. The second-order valence-corrected chi connectivity index (χ2v) is 3.61. The normalized spacial score (nSPS) is 13.7. The molecule has 16 heavy (non-hydrogen) atoms. The summed E-state index contributed by atoms with van der Waals surface area (Å²) in [6, 6.07) is 3.81. The summed E-state index contributed by atoms with van der Waals surface area (Å²) in [6.45, 7) is 6.56. The van der Waals surface area contributed by atoms with Gasteiger partial charge in [0.15, 0.2) is 0 Å². The highest BCUT2D eigenvalue weighted by Crippen LogP contribution is 2.38. The van der Waals surface area contributed by atoms with Crippen molar-refractivity contribution in [2.24, 2.45) is 0 Å². The fourth-order valence-electron chi connectivity index (χ4n) is 1.42. The maximum absolute atomic E-state index is 11.4. The molecule has 88 valence electrons. The summed E-state index contributed by atoms with van der Waals surface area (Å²) in [6.07, 6.45) is 4.15. The Kier molecular flexibility index (Phi) is 4.96. The van der Waals surface area contributed by atoms with E-state index in [1.165, 1.54) is 12.8 Å². The van der Waals surface area contributed by atoms with Gasteiger partial charge in [-0.2, -0.15) is 0 Å². The van der Waals surface area contributed by atoms with E-state index in [9.17, 15) is 4.79 Å². The minimum Gasteiger partial charge on any atom is -0.352 e. The van der Waals surface area contributed by atoms with Gasteiger partial charge in [0.25, 0.3) is 5.91 Å². The monoisotopic (exact) mass is 220 g/mol. The molecule has 1 heterocycles. The highest BCUT2D eigenvalue weighted by molar-refractivity contribution is 5.93. The van der Waals surface area contributed by atoms with Crippen LogP contribution in [0.3, 0.4) is 0 Å². The fraction of sp³-hybridized carbons (Fsp3) is 0.538. The van der Waals surface area contributed by atoms with Crippen LogP contribution in [0.2, 0.25) is 0 Å². The molecule has 0 spiro atoms. The average molecular weight is 220 g/mol. The van der Waals surface area contributed by atoms with Gasteiger partial charge in [-0.05, 0) is 31.9 Å². The van der Waals surface area contributed by atoms with Gasteiger partial charge in [-0.3, -0.25) is 9.78 Å². The van der Waals surface area contributed by atoms with Crippen LogP contribution in [0, 0.1) is 0 Å². The standard InChI is InChI=1S/C11H14N2O.C2H6/c1-2-12-11(14)9-5-6-10(13-7-9)8-3-4-8;1-2/h5-8H,2-4H2,1H3,(H,12,14);1-2H3. The van der Waals surface area contributed by atoms with E-state index in [1.807, 2.05) is 32.9 Å². The molecule has 2 rings (SSSR count). The van der Waals surface area contributed by atoms with E-state index < -0.39 is 0 Å². The lowest BCUT2D eigenvalue weighted by Crippen LogP contribution is -2.22. The first-order chi connectivity index (χ1) is 7.81. The van der Waals surface area contributed by atoms with Crippen molar-refractivity contribution in [3.05, 3.63) is 29.6 Å². The number of hydrogen-bond acceptors (Lipinski definition) is 2. The Hall–Kier alpha value is -1.38.